The monoisotopic (exact) mass is 334 g/mol. The first-order valence-electron chi connectivity index (χ1n) is 8.60. The van der Waals surface area contributed by atoms with Gasteiger partial charge in [0.2, 0.25) is 5.91 Å². The first-order chi connectivity index (χ1) is 11.6. The normalized spacial score (nSPS) is 21.5. The van der Waals surface area contributed by atoms with Crippen LogP contribution in [-0.2, 0) is 11.3 Å². The van der Waals surface area contributed by atoms with E-state index in [0.717, 1.165) is 31.7 Å². The zero-order valence-electron chi connectivity index (χ0n) is 14.5. The molecule has 7 heteroatoms. The Morgan fingerprint density at radius 3 is 2.71 bits per heavy atom. The van der Waals surface area contributed by atoms with E-state index in [2.05, 4.69) is 5.32 Å². The maximum Gasteiger partial charge on any atom is 0.290 e. The van der Waals surface area contributed by atoms with Crippen LogP contribution in [-0.4, -0.2) is 79.4 Å². The summed E-state index contributed by atoms with van der Waals surface area (Å²) in [7, 11) is 3.90. The maximum atomic E-state index is 12.8. The minimum atomic E-state index is -0.438. The number of carbonyl (C=O) groups is 2. The summed E-state index contributed by atoms with van der Waals surface area (Å²) in [6.45, 7) is 3.96. The minimum Gasteiger partial charge on any atom is -0.455 e. The van der Waals surface area contributed by atoms with E-state index in [4.69, 9.17) is 4.42 Å². The number of furan rings is 1. The van der Waals surface area contributed by atoms with Crippen molar-refractivity contribution >= 4 is 11.8 Å². The number of carbonyl (C=O) groups excluding carboxylic acids is 2. The van der Waals surface area contributed by atoms with Crippen LogP contribution in [0.3, 0.4) is 0 Å². The smallest absolute Gasteiger partial charge is 0.290 e. The van der Waals surface area contributed by atoms with E-state index in [9.17, 15) is 9.59 Å². The summed E-state index contributed by atoms with van der Waals surface area (Å²) >= 11 is 0. The Morgan fingerprint density at radius 1 is 1.25 bits per heavy atom. The van der Waals surface area contributed by atoms with Gasteiger partial charge in [-0.05, 0) is 39.1 Å². The standard InChI is InChI=1S/C17H26N4O3/c1-19(2)12-13-5-6-15(24-13)17(23)21-10-7-18-11-14(21)16(22)20-8-3-4-9-20/h5-6,14,18H,3-4,7-12H2,1-2H3/t14-/m0/s1. The third-order valence-electron chi connectivity index (χ3n) is 4.55. The Labute approximate surface area is 142 Å². The third-order valence-corrected chi connectivity index (χ3v) is 4.55. The van der Waals surface area contributed by atoms with Crippen LogP contribution in [0.5, 0.6) is 0 Å². The van der Waals surface area contributed by atoms with Gasteiger partial charge in [-0.1, -0.05) is 0 Å². The SMILES string of the molecule is CN(C)Cc1ccc(C(=O)N2CCNC[C@H]2C(=O)N2CCCC2)o1. The molecule has 0 radical (unpaired) electrons. The predicted octanol–water partition coefficient (Wildman–Crippen LogP) is 0.378. The van der Waals surface area contributed by atoms with Gasteiger partial charge in [-0.3, -0.25) is 9.59 Å². The maximum absolute atomic E-state index is 12.8. The summed E-state index contributed by atoms with van der Waals surface area (Å²) < 4.78 is 5.68. The second-order valence-electron chi connectivity index (χ2n) is 6.75. The lowest BCUT2D eigenvalue weighted by Gasteiger charge is -2.36. The predicted molar refractivity (Wildman–Crippen MR) is 89.6 cm³/mol. The summed E-state index contributed by atoms with van der Waals surface area (Å²) in [4.78, 5) is 31.1. The number of rotatable bonds is 4. The van der Waals surface area contributed by atoms with Crippen molar-refractivity contribution in [2.24, 2.45) is 0 Å². The quantitative estimate of drug-likeness (QED) is 0.862. The Kier molecular flexibility index (Phi) is 5.20. The van der Waals surface area contributed by atoms with Gasteiger partial charge in [0.05, 0.1) is 6.54 Å². The van der Waals surface area contributed by atoms with Crippen molar-refractivity contribution in [1.29, 1.82) is 0 Å². The van der Waals surface area contributed by atoms with E-state index in [1.54, 1.807) is 11.0 Å². The van der Waals surface area contributed by atoms with E-state index >= 15 is 0 Å². The number of nitrogens with zero attached hydrogens (tertiary/aromatic N) is 3. The van der Waals surface area contributed by atoms with Crippen LogP contribution < -0.4 is 5.32 Å². The highest BCUT2D eigenvalue weighted by Crippen LogP contribution is 2.18. The fraction of sp³-hybridized carbons (Fsp3) is 0.647. The van der Waals surface area contributed by atoms with Gasteiger partial charge in [0.25, 0.3) is 5.91 Å². The zero-order valence-corrected chi connectivity index (χ0v) is 14.5. The first-order valence-corrected chi connectivity index (χ1v) is 8.60. The van der Waals surface area contributed by atoms with Gasteiger partial charge in [-0.2, -0.15) is 0 Å². The minimum absolute atomic E-state index is 0.0492. The van der Waals surface area contributed by atoms with Gasteiger partial charge < -0.3 is 24.4 Å². The number of hydrogen-bond donors (Lipinski definition) is 1. The molecule has 24 heavy (non-hydrogen) atoms. The van der Waals surface area contributed by atoms with Gasteiger partial charge in [0.1, 0.15) is 11.8 Å². The zero-order chi connectivity index (χ0) is 17.1. The molecule has 2 amide bonds. The molecule has 1 aromatic heterocycles. The molecule has 1 aromatic rings. The lowest BCUT2D eigenvalue weighted by Crippen LogP contribution is -2.59. The fourth-order valence-corrected chi connectivity index (χ4v) is 3.35. The number of nitrogens with one attached hydrogen (secondary N) is 1. The summed E-state index contributed by atoms with van der Waals surface area (Å²) in [5, 5.41) is 3.23. The van der Waals surface area contributed by atoms with Crippen molar-refractivity contribution in [2.45, 2.75) is 25.4 Å². The van der Waals surface area contributed by atoms with Gasteiger partial charge in [-0.15, -0.1) is 0 Å². The Hall–Kier alpha value is -1.86. The van der Waals surface area contributed by atoms with Crippen molar-refractivity contribution in [3.63, 3.8) is 0 Å². The molecule has 2 aliphatic rings. The van der Waals surface area contributed by atoms with Crippen molar-refractivity contribution < 1.29 is 14.0 Å². The summed E-state index contributed by atoms with van der Waals surface area (Å²) in [6, 6.07) is 3.10. The molecule has 2 fully saturated rings. The summed E-state index contributed by atoms with van der Waals surface area (Å²) in [5.41, 5.74) is 0. The molecule has 0 spiro atoms. The van der Waals surface area contributed by atoms with Gasteiger partial charge in [0, 0.05) is 32.7 Å². The van der Waals surface area contributed by atoms with Gasteiger partial charge >= 0.3 is 0 Å². The van der Waals surface area contributed by atoms with E-state index in [-0.39, 0.29) is 11.8 Å². The van der Waals surface area contributed by atoms with Crippen LogP contribution in [0.15, 0.2) is 16.5 Å². The molecule has 132 valence electrons. The Balaban J connectivity index is 1.73. The Morgan fingerprint density at radius 2 is 2.00 bits per heavy atom. The van der Waals surface area contributed by atoms with Crippen LogP contribution in [0.25, 0.3) is 0 Å². The molecule has 0 bridgehead atoms. The van der Waals surface area contributed by atoms with E-state index in [1.807, 2.05) is 30.0 Å². The molecule has 0 saturated carbocycles. The number of likely N-dealkylation sites (tertiary alicyclic amines) is 1. The highest BCUT2D eigenvalue weighted by Gasteiger charge is 2.36. The molecular weight excluding hydrogens is 308 g/mol. The average Bonchev–Trinajstić information content (AvgIpc) is 3.24. The molecular formula is C17H26N4O3. The second kappa shape index (κ2) is 7.36. The molecule has 0 aromatic carbocycles. The van der Waals surface area contributed by atoms with E-state index in [0.29, 0.717) is 31.9 Å². The fourth-order valence-electron chi connectivity index (χ4n) is 3.35. The van der Waals surface area contributed by atoms with Crippen molar-refractivity contribution in [2.75, 3.05) is 46.8 Å². The van der Waals surface area contributed by atoms with Gasteiger partial charge in [-0.25, -0.2) is 0 Å². The first kappa shape index (κ1) is 17.0. The highest BCUT2D eigenvalue weighted by atomic mass is 16.4. The summed E-state index contributed by atoms with van der Waals surface area (Å²) in [5.74, 6) is 0.918. The molecule has 7 nitrogen and oxygen atoms in total. The van der Waals surface area contributed by atoms with Gasteiger partial charge in [0.15, 0.2) is 5.76 Å². The number of piperazine rings is 1. The van der Waals surface area contributed by atoms with Crippen LogP contribution in [0.1, 0.15) is 29.2 Å². The molecule has 0 unspecified atom stereocenters. The topological polar surface area (TPSA) is 69.0 Å². The van der Waals surface area contributed by atoms with Crippen molar-refractivity contribution in [1.82, 2.24) is 20.0 Å². The molecule has 3 heterocycles. The highest BCUT2D eigenvalue weighted by molar-refractivity contribution is 5.96. The third kappa shape index (κ3) is 3.62. The lowest BCUT2D eigenvalue weighted by molar-refractivity contribution is -0.135. The lowest BCUT2D eigenvalue weighted by atomic mass is 10.1. The second-order valence-corrected chi connectivity index (χ2v) is 6.75. The number of hydrogen-bond acceptors (Lipinski definition) is 5. The molecule has 1 N–H and O–H groups in total. The van der Waals surface area contributed by atoms with Crippen LogP contribution in [0.4, 0.5) is 0 Å². The molecule has 0 aliphatic carbocycles. The average molecular weight is 334 g/mol. The van der Waals surface area contributed by atoms with Crippen molar-refractivity contribution in [3.05, 3.63) is 23.7 Å². The summed E-state index contributed by atoms with van der Waals surface area (Å²) in [6.07, 6.45) is 2.10. The molecule has 1 atom stereocenters. The largest absolute Gasteiger partial charge is 0.455 e. The Bertz CT molecular complexity index is 592. The molecule has 3 rings (SSSR count). The molecule has 2 saturated heterocycles. The van der Waals surface area contributed by atoms with E-state index < -0.39 is 6.04 Å². The number of amides is 2. The van der Waals surface area contributed by atoms with Crippen LogP contribution in [0.2, 0.25) is 0 Å². The van der Waals surface area contributed by atoms with Crippen LogP contribution >= 0.6 is 0 Å². The van der Waals surface area contributed by atoms with E-state index in [1.165, 1.54) is 0 Å². The molecule has 2 aliphatic heterocycles. The van der Waals surface area contributed by atoms with Crippen molar-refractivity contribution in [3.8, 4) is 0 Å². The van der Waals surface area contributed by atoms with Crippen LogP contribution in [0, 0.1) is 0 Å².